The number of nitro groups is 1. The summed E-state index contributed by atoms with van der Waals surface area (Å²) in [5.74, 6) is 0.303. The Morgan fingerprint density at radius 1 is 1.29 bits per heavy atom. The highest BCUT2D eigenvalue weighted by atomic mass is 32.2. The smallest absolute Gasteiger partial charge is 0.287 e. The molecule has 1 aromatic carbocycles. The third-order valence-corrected chi connectivity index (χ3v) is 6.47. The van der Waals surface area contributed by atoms with Crippen LogP contribution in [0.4, 0.5) is 5.69 Å². The molecule has 2 rings (SSSR count). The Morgan fingerprint density at radius 3 is 2.57 bits per heavy atom. The molecule has 3 unspecified atom stereocenters. The normalized spacial score (nSPS) is 26.5. The predicted octanol–water partition coefficient (Wildman–Crippen LogP) is 2.15. The maximum Gasteiger partial charge on any atom is 0.287 e. The summed E-state index contributed by atoms with van der Waals surface area (Å²) < 4.78 is 25.8. The van der Waals surface area contributed by atoms with Gasteiger partial charge in [0.05, 0.1) is 10.2 Å². The molecule has 0 heterocycles. The van der Waals surface area contributed by atoms with Crippen LogP contribution < -0.4 is 5.32 Å². The van der Waals surface area contributed by atoms with E-state index in [9.17, 15) is 18.5 Å². The molecule has 1 aliphatic rings. The van der Waals surface area contributed by atoms with Crippen LogP contribution in [0.15, 0.2) is 29.2 Å². The molecule has 6 nitrogen and oxygen atoms in total. The maximum atomic E-state index is 12.9. The number of para-hydroxylation sites is 1. The average Bonchev–Trinajstić information content (AvgIpc) is 2.47. The number of nitrogens with zero attached hydrogens (tertiary/aromatic N) is 1. The molecule has 21 heavy (non-hydrogen) atoms. The van der Waals surface area contributed by atoms with Gasteiger partial charge in [0, 0.05) is 12.1 Å². The van der Waals surface area contributed by atoms with E-state index in [0.717, 1.165) is 12.8 Å². The van der Waals surface area contributed by atoms with E-state index in [0.29, 0.717) is 12.3 Å². The third-order valence-electron chi connectivity index (χ3n) is 4.19. The molecule has 3 atom stereocenters. The van der Waals surface area contributed by atoms with Gasteiger partial charge in [0.15, 0.2) is 9.84 Å². The van der Waals surface area contributed by atoms with Crippen LogP contribution in [0.2, 0.25) is 0 Å². The zero-order valence-electron chi connectivity index (χ0n) is 12.2. The molecule has 7 heteroatoms. The second-order valence-corrected chi connectivity index (χ2v) is 7.76. The van der Waals surface area contributed by atoms with E-state index in [2.05, 4.69) is 5.32 Å². The molecule has 0 bridgehead atoms. The number of rotatable bonds is 4. The molecule has 1 N–H and O–H groups in total. The van der Waals surface area contributed by atoms with Crippen LogP contribution in [0.5, 0.6) is 0 Å². The van der Waals surface area contributed by atoms with Crippen LogP contribution >= 0.6 is 0 Å². The monoisotopic (exact) mass is 312 g/mol. The van der Waals surface area contributed by atoms with Crippen LogP contribution in [0.25, 0.3) is 0 Å². The first-order chi connectivity index (χ1) is 9.87. The molecule has 0 saturated heterocycles. The first kappa shape index (κ1) is 15.9. The Hall–Kier alpha value is -1.47. The van der Waals surface area contributed by atoms with Gasteiger partial charge in [-0.3, -0.25) is 10.1 Å². The van der Waals surface area contributed by atoms with Crippen LogP contribution in [0, 0.1) is 16.0 Å². The molecule has 1 fully saturated rings. The first-order valence-electron chi connectivity index (χ1n) is 7.02. The second-order valence-electron chi connectivity index (χ2n) is 5.62. The van der Waals surface area contributed by atoms with Crippen LogP contribution in [0.1, 0.15) is 26.2 Å². The number of nitrogens with one attached hydrogen (secondary N) is 1. The first-order valence-corrected chi connectivity index (χ1v) is 8.57. The number of hydrogen-bond acceptors (Lipinski definition) is 5. The summed E-state index contributed by atoms with van der Waals surface area (Å²) in [4.78, 5) is 10.3. The fourth-order valence-electron chi connectivity index (χ4n) is 3.01. The molecular weight excluding hydrogens is 292 g/mol. The second kappa shape index (κ2) is 6.11. The largest absolute Gasteiger partial charge is 0.316 e. The van der Waals surface area contributed by atoms with Crippen molar-refractivity contribution in [2.24, 2.45) is 5.92 Å². The van der Waals surface area contributed by atoms with Gasteiger partial charge in [0.25, 0.3) is 5.69 Å². The van der Waals surface area contributed by atoms with Crippen LogP contribution in [-0.2, 0) is 9.84 Å². The lowest BCUT2D eigenvalue weighted by Crippen LogP contribution is -2.46. The van der Waals surface area contributed by atoms with Crippen LogP contribution in [0.3, 0.4) is 0 Å². The van der Waals surface area contributed by atoms with Crippen molar-refractivity contribution in [1.82, 2.24) is 5.32 Å². The lowest BCUT2D eigenvalue weighted by molar-refractivity contribution is -0.387. The van der Waals surface area contributed by atoms with Gasteiger partial charge in [0.2, 0.25) is 0 Å². The summed E-state index contributed by atoms with van der Waals surface area (Å²) in [6.45, 7) is 2.02. The average molecular weight is 312 g/mol. The number of benzene rings is 1. The molecule has 0 radical (unpaired) electrons. The van der Waals surface area contributed by atoms with Gasteiger partial charge in [-0.2, -0.15) is 0 Å². The highest BCUT2D eigenvalue weighted by molar-refractivity contribution is 7.92. The zero-order valence-corrected chi connectivity index (χ0v) is 13.0. The Balaban J connectivity index is 2.48. The number of hydrogen-bond donors (Lipinski definition) is 1. The molecule has 0 aliphatic heterocycles. The quantitative estimate of drug-likeness (QED) is 0.679. The molecular formula is C14H20N2O4S. The molecule has 116 valence electrons. The van der Waals surface area contributed by atoms with E-state index in [1.54, 1.807) is 7.05 Å². The van der Waals surface area contributed by atoms with E-state index in [4.69, 9.17) is 0 Å². The van der Waals surface area contributed by atoms with Crippen molar-refractivity contribution in [2.45, 2.75) is 42.4 Å². The van der Waals surface area contributed by atoms with Gasteiger partial charge in [-0.25, -0.2) is 8.42 Å². The molecule has 0 aromatic heterocycles. The standard InChI is InChI=1S/C14H20N2O4S/c1-10-7-8-11(15-2)14(9-10)21(19,20)13-6-4-3-5-12(13)16(17)18/h3-6,10-11,14-15H,7-9H2,1-2H3. The summed E-state index contributed by atoms with van der Waals surface area (Å²) in [6, 6.07) is 5.43. The summed E-state index contributed by atoms with van der Waals surface area (Å²) in [5, 5.41) is 13.5. The summed E-state index contributed by atoms with van der Waals surface area (Å²) in [6.07, 6.45) is 2.26. The Morgan fingerprint density at radius 2 is 1.95 bits per heavy atom. The molecule has 0 amide bonds. The number of nitro benzene ring substituents is 1. The van der Waals surface area contributed by atoms with Crippen molar-refractivity contribution < 1.29 is 13.3 Å². The summed E-state index contributed by atoms with van der Waals surface area (Å²) in [5.41, 5.74) is -0.342. The van der Waals surface area contributed by atoms with E-state index in [1.165, 1.54) is 24.3 Å². The minimum Gasteiger partial charge on any atom is -0.316 e. The van der Waals surface area contributed by atoms with Gasteiger partial charge in [-0.1, -0.05) is 19.1 Å². The van der Waals surface area contributed by atoms with E-state index < -0.39 is 20.0 Å². The fourth-order valence-corrected chi connectivity index (χ4v) is 5.33. The topological polar surface area (TPSA) is 89.3 Å². The van der Waals surface area contributed by atoms with Crippen molar-refractivity contribution >= 4 is 15.5 Å². The molecule has 1 saturated carbocycles. The van der Waals surface area contributed by atoms with Crippen molar-refractivity contribution in [3.05, 3.63) is 34.4 Å². The Labute approximate surface area is 124 Å². The van der Waals surface area contributed by atoms with Gasteiger partial charge in [-0.05, 0) is 38.3 Å². The van der Waals surface area contributed by atoms with Gasteiger partial charge in [0.1, 0.15) is 4.90 Å². The van der Waals surface area contributed by atoms with E-state index in [-0.39, 0.29) is 16.6 Å². The molecule has 1 aromatic rings. The van der Waals surface area contributed by atoms with Crippen molar-refractivity contribution in [1.29, 1.82) is 0 Å². The summed E-state index contributed by atoms with van der Waals surface area (Å²) >= 11 is 0. The van der Waals surface area contributed by atoms with E-state index in [1.807, 2.05) is 6.92 Å². The SMILES string of the molecule is CNC1CCC(C)CC1S(=O)(=O)c1ccccc1[N+](=O)[O-]. The van der Waals surface area contributed by atoms with Gasteiger partial charge in [-0.15, -0.1) is 0 Å². The highest BCUT2D eigenvalue weighted by Gasteiger charge is 2.40. The molecule has 0 spiro atoms. The maximum absolute atomic E-state index is 12.9. The van der Waals surface area contributed by atoms with Gasteiger partial charge < -0.3 is 5.32 Å². The zero-order chi connectivity index (χ0) is 15.6. The van der Waals surface area contributed by atoms with Crippen LogP contribution in [-0.4, -0.2) is 31.7 Å². The van der Waals surface area contributed by atoms with E-state index >= 15 is 0 Å². The fraction of sp³-hybridized carbons (Fsp3) is 0.571. The lowest BCUT2D eigenvalue weighted by Gasteiger charge is -2.34. The molecule has 1 aliphatic carbocycles. The lowest BCUT2D eigenvalue weighted by atomic mass is 9.87. The summed E-state index contributed by atoms with van der Waals surface area (Å²) in [7, 11) is -2.00. The predicted molar refractivity (Wildman–Crippen MR) is 79.9 cm³/mol. The third kappa shape index (κ3) is 3.08. The van der Waals surface area contributed by atoms with Crippen molar-refractivity contribution in [3.8, 4) is 0 Å². The minimum absolute atomic E-state index is 0.161. The number of sulfone groups is 1. The van der Waals surface area contributed by atoms with Crippen molar-refractivity contribution in [3.63, 3.8) is 0 Å². The van der Waals surface area contributed by atoms with Crippen molar-refractivity contribution in [2.75, 3.05) is 7.05 Å². The van der Waals surface area contributed by atoms with Gasteiger partial charge >= 0.3 is 0 Å². The Bertz CT molecular complexity index is 630. The Kier molecular flexibility index (Phi) is 4.63. The highest BCUT2D eigenvalue weighted by Crippen LogP contribution is 2.35. The minimum atomic E-state index is -3.74.